The van der Waals surface area contributed by atoms with Crippen molar-refractivity contribution >= 4 is 10.0 Å². The molecular formula is C12H23N5O3S. The number of rotatable bonds is 5. The van der Waals surface area contributed by atoms with E-state index in [9.17, 15) is 13.5 Å². The summed E-state index contributed by atoms with van der Waals surface area (Å²) < 4.78 is 27.2. The lowest BCUT2D eigenvalue weighted by molar-refractivity contribution is 0.117. The van der Waals surface area contributed by atoms with Crippen molar-refractivity contribution in [1.29, 1.82) is 0 Å². The molecule has 1 unspecified atom stereocenters. The van der Waals surface area contributed by atoms with Crippen LogP contribution in [0.15, 0.2) is 5.03 Å². The SMILES string of the molecule is Cc1[nH]nc(S(=O)(=O)NCC2CN(C)CCN2C)c1CO. The molecule has 1 saturated heterocycles. The van der Waals surface area contributed by atoms with Gasteiger partial charge in [-0.05, 0) is 21.0 Å². The number of nitrogens with one attached hydrogen (secondary N) is 2. The molecule has 2 heterocycles. The van der Waals surface area contributed by atoms with Gasteiger partial charge in [0, 0.05) is 43.5 Å². The van der Waals surface area contributed by atoms with E-state index in [0.717, 1.165) is 19.6 Å². The Morgan fingerprint density at radius 3 is 2.81 bits per heavy atom. The van der Waals surface area contributed by atoms with Crippen LogP contribution >= 0.6 is 0 Å². The Morgan fingerprint density at radius 1 is 1.43 bits per heavy atom. The molecule has 3 N–H and O–H groups in total. The summed E-state index contributed by atoms with van der Waals surface area (Å²) in [5.41, 5.74) is 0.879. The van der Waals surface area contributed by atoms with Gasteiger partial charge < -0.3 is 10.0 Å². The first-order valence-electron chi connectivity index (χ1n) is 6.88. The number of H-pyrrole nitrogens is 1. The standard InChI is InChI=1S/C12H23N5O3S/c1-9-11(8-18)12(15-14-9)21(19,20)13-6-10-7-16(2)4-5-17(10)3/h10,13,18H,4-8H2,1-3H3,(H,14,15). The third-order valence-corrected chi connectivity index (χ3v) is 5.33. The van der Waals surface area contributed by atoms with E-state index in [-0.39, 0.29) is 17.7 Å². The Hall–Kier alpha value is -1.00. The predicted octanol–water partition coefficient (Wildman–Crippen LogP) is -1.27. The number of piperazine rings is 1. The van der Waals surface area contributed by atoms with Gasteiger partial charge in [0.15, 0.2) is 5.03 Å². The fraction of sp³-hybridized carbons (Fsp3) is 0.750. The highest BCUT2D eigenvalue weighted by Gasteiger charge is 2.27. The summed E-state index contributed by atoms with van der Waals surface area (Å²) in [7, 11) is 0.293. The largest absolute Gasteiger partial charge is 0.392 e. The lowest BCUT2D eigenvalue weighted by atomic mass is 10.2. The van der Waals surface area contributed by atoms with Crippen molar-refractivity contribution in [2.75, 3.05) is 40.3 Å². The van der Waals surface area contributed by atoms with E-state index in [0.29, 0.717) is 17.8 Å². The second kappa shape index (κ2) is 6.41. The van der Waals surface area contributed by atoms with E-state index in [1.54, 1.807) is 6.92 Å². The Morgan fingerprint density at radius 2 is 2.14 bits per heavy atom. The number of likely N-dealkylation sites (N-methyl/N-ethyl adjacent to an activating group) is 2. The van der Waals surface area contributed by atoms with Crippen molar-refractivity contribution in [2.45, 2.75) is 24.6 Å². The van der Waals surface area contributed by atoms with Crippen LogP contribution in [0.4, 0.5) is 0 Å². The summed E-state index contributed by atoms with van der Waals surface area (Å²) in [6.07, 6.45) is 0. The van der Waals surface area contributed by atoms with Crippen molar-refractivity contribution in [1.82, 2.24) is 24.7 Å². The smallest absolute Gasteiger partial charge is 0.260 e. The molecule has 0 spiro atoms. The van der Waals surface area contributed by atoms with Crippen LogP contribution < -0.4 is 4.72 Å². The molecule has 21 heavy (non-hydrogen) atoms. The fourth-order valence-electron chi connectivity index (χ4n) is 2.43. The molecule has 0 aliphatic carbocycles. The number of aromatic amines is 1. The van der Waals surface area contributed by atoms with Crippen molar-refractivity contribution in [3.8, 4) is 0 Å². The minimum Gasteiger partial charge on any atom is -0.392 e. The monoisotopic (exact) mass is 317 g/mol. The first-order chi connectivity index (χ1) is 9.85. The van der Waals surface area contributed by atoms with Crippen molar-refractivity contribution in [3.63, 3.8) is 0 Å². The molecule has 0 amide bonds. The maximum absolute atomic E-state index is 12.3. The van der Waals surface area contributed by atoms with Crippen LogP contribution in [0.3, 0.4) is 0 Å². The number of aliphatic hydroxyl groups excluding tert-OH is 1. The number of hydrogen-bond acceptors (Lipinski definition) is 6. The van der Waals surface area contributed by atoms with Gasteiger partial charge in [-0.3, -0.25) is 10.00 Å². The highest BCUT2D eigenvalue weighted by Crippen LogP contribution is 2.16. The first kappa shape index (κ1) is 16.4. The minimum absolute atomic E-state index is 0.116. The second-order valence-corrected chi connectivity index (χ2v) is 7.22. The van der Waals surface area contributed by atoms with Crippen LogP contribution in [0.25, 0.3) is 0 Å². The molecule has 120 valence electrons. The van der Waals surface area contributed by atoms with Crippen LogP contribution in [-0.4, -0.2) is 79.8 Å². The van der Waals surface area contributed by atoms with Gasteiger partial charge in [0.1, 0.15) is 0 Å². The number of aliphatic hydroxyl groups is 1. The first-order valence-corrected chi connectivity index (χ1v) is 8.36. The van der Waals surface area contributed by atoms with E-state index in [2.05, 4.69) is 24.7 Å². The lowest BCUT2D eigenvalue weighted by Crippen LogP contribution is -2.54. The van der Waals surface area contributed by atoms with Crippen LogP contribution in [0.5, 0.6) is 0 Å². The summed E-state index contributed by atoms with van der Waals surface area (Å²) in [6.45, 7) is 4.34. The molecule has 1 aromatic rings. The molecule has 2 rings (SSSR count). The fourth-order valence-corrected chi connectivity index (χ4v) is 3.69. The summed E-state index contributed by atoms with van der Waals surface area (Å²) >= 11 is 0. The molecule has 1 aliphatic heterocycles. The molecule has 0 aromatic carbocycles. The van der Waals surface area contributed by atoms with Crippen LogP contribution in [0, 0.1) is 6.92 Å². The zero-order chi connectivity index (χ0) is 15.6. The Bertz CT molecular complexity index is 586. The van der Waals surface area contributed by atoms with Crippen LogP contribution in [-0.2, 0) is 16.6 Å². The number of hydrogen-bond donors (Lipinski definition) is 3. The highest BCUT2D eigenvalue weighted by molar-refractivity contribution is 7.89. The average molecular weight is 317 g/mol. The van der Waals surface area contributed by atoms with Crippen molar-refractivity contribution in [3.05, 3.63) is 11.3 Å². The molecule has 8 nitrogen and oxygen atoms in total. The average Bonchev–Trinajstić information content (AvgIpc) is 2.81. The maximum atomic E-state index is 12.3. The summed E-state index contributed by atoms with van der Waals surface area (Å²) in [4.78, 5) is 4.32. The molecule has 1 aromatic heterocycles. The van der Waals surface area contributed by atoms with E-state index in [4.69, 9.17) is 0 Å². The quantitative estimate of drug-likeness (QED) is 0.626. The topological polar surface area (TPSA) is 102 Å². The van der Waals surface area contributed by atoms with E-state index in [1.807, 2.05) is 14.1 Å². The van der Waals surface area contributed by atoms with Crippen molar-refractivity contribution < 1.29 is 13.5 Å². The van der Waals surface area contributed by atoms with Gasteiger partial charge in [0.2, 0.25) is 0 Å². The summed E-state index contributed by atoms with van der Waals surface area (Å²) in [5, 5.41) is 15.6. The molecule has 9 heteroatoms. The predicted molar refractivity (Wildman–Crippen MR) is 78.4 cm³/mol. The lowest BCUT2D eigenvalue weighted by Gasteiger charge is -2.37. The van der Waals surface area contributed by atoms with E-state index in [1.165, 1.54) is 0 Å². The van der Waals surface area contributed by atoms with Crippen LogP contribution in [0.1, 0.15) is 11.3 Å². The Kier molecular flexibility index (Phi) is 4.99. The Labute approximate surface area is 125 Å². The zero-order valence-corrected chi connectivity index (χ0v) is 13.4. The summed E-state index contributed by atoms with van der Waals surface area (Å²) in [5.74, 6) is 0. The molecule has 0 saturated carbocycles. The number of nitrogens with zero attached hydrogens (tertiary/aromatic N) is 3. The number of sulfonamides is 1. The third kappa shape index (κ3) is 3.61. The maximum Gasteiger partial charge on any atom is 0.260 e. The molecular weight excluding hydrogens is 294 g/mol. The van der Waals surface area contributed by atoms with E-state index < -0.39 is 10.0 Å². The van der Waals surface area contributed by atoms with Gasteiger partial charge in [0.25, 0.3) is 10.0 Å². The number of aryl methyl sites for hydroxylation is 1. The number of aromatic nitrogens is 2. The third-order valence-electron chi connectivity index (χ3n) is 3.94. The summed E-state index contributed by atoms with van der Waals surface area (Å²) in [6, 6.07) is 0.121. The van der Waals surface area contributed by atoms with Gasteiger partial charge >= 0.3 is 0 Å². The van der Waals surface area contributed by atoms with E-state index >= 15 is 0 Å². The molecule has 1 aliphatic rings. The zero-order valence-electron chi connectivity index (χ0n) is 12.6. The normalized spacial score (nSPS) is 21.8. The molecule has 0 radical (unpaired) electrons. The second-order valence-electron chi connectivity index (χ2n) is 5.54. The van der Waals surface area contributed by atoms with Crippen molar-refractivity contribution in [2.24, 2.45) is 0 Å². The Balaban J connectivity index is 2.07. The minimum atomic E-state index is -3.72. The molecule has 0 bridgehead atoms. The van der Waals surface area contributed by atoms with Gasteiger partial charge in [-0.2, -0.15) is 5.10 Å². The van der Waals surface area contributed by atoms with Gasteiger partial charge in [-0.25, -0.2) is 13.1 Å². The van der Waals surface area contributed by atoms with Gasteiger partial charge in [-0.15, -0.1) is 0 Å². The highest BCUT2D eigenvalue weighted by atomic mass is 32.2. The van der Waals surface area contributed by atoms with Gasteiger partial charge in [0.05, 0.1) is 6.61 Å². The molecule has 1 fully saturated rings. The molecule has 1 atom stereocenters. The van der Waals surface area contributed by atoms with Gasteiger partial charge in [-0.1, -0.05) is 0 Å². The van der Waals surface area contributed by atoms with Crippen LogP contribution in [0.2, 0.25) is 0 Å².